The molecular weight excluding hydrogens is 388 g/mol. The number of nitrogens with zero attached hydrogens (tertiary/aromatic N) is 3. The Balaban J connectivity index is 1.42. The van der Waals surface area contributed by atoms with E-state index in [1.54, 1.807) is 7.11 Å². The Kier molecular flexibility index (Phi) is 7.52. The monoisotopic (exact) mass is 412 g/mol. The highest BCUT2D eigenvalue weighted by Gasteiger charge is 2.12. The number of ether oxygens (including phenoxy) is 2. The van der Waals surface area contributed by atoms with Gasteiger partial charge < -0.3 is 19.4 Å². The van der Waals surface area contributed by atoms with Gasteiger partial charge in [-0.2, -0.15) is 0 Å². The molecule has 7 nitrogen and oxygen atoms in total. The molecule has 0 aliphatic heterocycles. The summed E-state index contributed by atoms with van der Waals surface area (Å²) in [7, 11) is 3.49. The SMILES string of the molecule is COc1ccc(OCc2nnc(SCC(=O)NCCc3ccccc3)n2C)cc1. The second-order valence-electron chi connectivity index (χ2n) is 6.30. The molecule has 0 fully saturated rings. The van der Waals surface area contributed by atoms with Crippen molar-refractivity contribution in [3.8, 4) is 11.5 Å². The highest BCUT2D eigenvalue weighted by molar-refractivity contribution is 7.99. The molecular formula is C21H24N4O3S. The summed E-state index contributed by atoms with van der Waals surface area (Å²) in [5, 5.41) is 11.9. The second-order valence-corrected chi connectivity index (χ2v) is 7.24. The van der Waals surface area contributed by atoms with Gasteiger partial charge in [-0.1, -0.05) is 42.1 Å². The Bertz CT molecular complexity index is 913. The first kappa shape index (κ1) is 20.7. The number of nitrogens with one attached hydrogen (secondary N) is 1. The number of hydrogen-bond donors (Lipinski definition) is 1. The zero-order valence-electron chi connectivity index (χ0n) is 16.5. The highest BCUT2D eigenvalue weighted by atomic mass is 32.2. The van der Waals surface area contributed by atoms with Gasteiger partial charge >= 0.3 is 0 Å². The van der Waals surface area contributed by atoms with Gasteiger partial charge in [0.25, 0.3) is 0 Å². The predicted molar refractivity (Wildman–Crippen MR) is 112 cm³/mol. The maximum absolute atomic E-state index is 12.1. The molecule has 152 valence electrons. The fourth-order valence-electron chi connectivity index (χ4n) is 2.59. The lowest BCUT2D eigenvalue weighted by Gasteiger charge is -2.07. The van der Waals surface area contributed by atoms with Crippen LogP contribution in [0.25, 0.3) is 0 Å². The number of hydrogen-bond acceptors (Lipinski definition) is 6. The van der Waals surface area contributed by atoms with E-state index < -0.39 is 0 Å². The molecule has 0 radical (unpaired) electrons. The van der Waals surface area contributed by atoms with Gasteiger partial charge in [0.15, 0.2) is 11.0 Å². The van der Waals surface area contributed by atoms with Gasteiger partial charge in [0.1, 0.15) is 18.1 Å². The molecule has 1 amide bonds. The summed E-state index contributed by atoms with van der Waals surface area (Å²) in [5.74, 6) is 2.45. The molecule has 0 aliphatic rings. The summed E-state index contributed by atoms with van der Waals surface area (Å²) >= 11 is 1.35. The molecule has 0 saturated heterocycles. The highest BCUT2D eigenvalue weighted by Crippen LogP contribution is 2.19. The number of benzene rings is 2. The van der Waals surface area contributed by atoms with E-state index in [0.717, 1.165) is 17.9 Å². The molecule has 1 aromatic heterocycles. The summed E-state index contributed by atoms with van der Waals surface area (Å²) in [6, 6.07) is 17.4. The summed E-state index contributed by atoms with van der Waals surface area (Å²) in [5.41, 5.74) is 1.20. The lowest BCUT2D eigenvalue weighted by molar-refractivity contribution is -0.118. The number of aromatic nitrogens is 3. The molecule has 1 N–H and O–H groups in total. The van der Waals surface area contributed by atoms with Crippen molar-refractivity contribution in [3.05, 3.63) is 66.0 Å². The van der Waals surface area contributed by atoms with E-state index >= 15 is 0 Å². The lowest BCUT2D eigenvalue weighted by Crippen LogP contribution is -2.27. The van der Waals surface area contributed by atoms with E-state index in [1.807, 2.05) is 54.1 Å². The van der Waals surface area contributed by atoms with Crippen molar-refractivity contribution in [3.63, 3.8) is 0 Å². The van der Waals surface area contributed by atoms with E-state index in [-0.39, 0.29) is 5.91 Å². The number of carbonyl (C=O) groups excluding carboxylic acids is 1. The molecule has 0 bridgehead atoms. The van der Waals surface area contributed by atoms with Crippen molar-refractivity contribution in [2.45, 2.75) is 18.2 Å². The van der Waals surface area contributed by atoms with Crippen LogP contribution in [-0.4, -0.2) is 40.1 Å². The first-order valence-corrected chi connectivity index (χ1v) is 10.2. The van der Waals surface area contributed by atoms with Crippen molar-refractivity contribution in [1.29, 1.82) is 0 Å². The van der Waals surface area contributed by atoms with Crippen LogP contribution in [-0.2, 0) is 24.9 Å². The van der Waals surface area contributed by atoms with Gasteiger partial charge in [0, 0.05) is 13.6 Å². The third kappa shape index (κ3) is 6.25. The summed E-state index contributed by atoms with van der Waals surface area (Å²) in [6.07, 6.45) is 0.814. The van der Waals surface area contributed by atoms with E-state index in [1.165, 1.54) is 17.3 Å². The van der Waals surface area contributed by atoms with Gasteiger partial charge in [0.2, 0.25) is 5.91 Å². The van der Waals surface area contributed by atoms with Crippen LogP contribution in [0.4, 0.5) is 0 Å². The number of methoxy groups -OCH3 is 1. The molecule has 1 heterocycles. The van der Waals surface area contributed by atoms with Gasteiger partial charge in [-0.05, 0) is 36.2 Å². The smallest absolute Gasteiger partial charge is 0.230 e. The Morgan fingerprint density at radius 3 is 2.52 bits per heavy atom. The van der Waals surface area contributed by atoms with Crippen LogP contribution >= 0.6 is 11.8 Å². The normalized spacial score (nSPS) is 10.6. The Hall–Kier alpha value is -3.00. The molecule has 0 saturated carbocycles. The van der Waals surface area contributed by atoms with Crippen molar-refractivity contribution in [2.75, 3.05) is 19.4 Å². The van der Waals surface area contributed by atoms with Gasteiger partial charge in [-0.15, -0.1) is 10.2 Å². The Morgan fingerprint density at radius 2 is 1.79 bits per heavy atom. The molecule has 0 aliphatic carbocycles. The largest absolute Gasteiger partial charge is 0.497 e. The molecule has 8 heteroatoms. The van der Waals surface area contributed by atoms with Crippen molar-refractivity contribution in [2.24, 2.45) is 7.05 Å². The Labute approximate surface area is 174 Å². The standard InChI is InChI=1S/C21H24N4O3S/c1-25-19(14-28-18-10-8-17(27-2)9-11-18)23-24-21(25)29-15-20(26)22-13-12-16-6-4-3-5-7-16/h3-11H,12-15H2,1-2H3,(H,22,26). The van der Waals surface area contributed by atoms with Crippen LogP contribution < -0.4 is 14.8 Å². The minimum atomic E-state index is -0.0232. The number of carbonyl (C=O) groups is 1. The van der Waals surface area contributed by atoms with Crippen LogP contribution in [0, 0.1) is 0 Å². The van der Waals surface area contributed by atoms with Gasteiger partial charge in [-0.3, -0.25) is 4.79 Å². The first-order valence-electron chi connectivity index (χ1n) is 9.24. The second kappa shape index (κ2) is 10.5. The number of thioether (sulfide) groups is 1. The summed E-state index contributed by atoms with van der Waals surface area (Å²) < 4.78 is 12.7. The molecule has 0 atom stereocenters. The third-order valence-electron chi connectivity index (χ3n) is 4.26. The maximum Gasteiger partial charge on any atom is 0.230 e. The van der Waals surface area contributed by atoms with Gasteiger partial charge in [-0.25, -0.2) is 0 Å². The summed E-state index contributed by atoms with van der Waals surface area (Å²) in [6.45, 7) is 0.906. The molecule has 0 unspecified atom stereocenters. The third-order valence-corrected chi connectivity index (χ3v) is 5.28. The first-order chi connectivity index (χ1) is 14.2. The zero-order chi connectivity index (χ0) is 20.5. The van der Waals surface area contributed by atoms with Crippen LogP contribution in [0.1, 0.15) is 11.4 Å². The molecule has 3 rings (SSSR count). The topological polar surface area (TPSA) is 78.3 Å². The lowest BCUT2D eigenvalue weighted by atomic mass is 10.1. The average molecular weight is 413 g/mol. The summed E-state index contributed by atoms with van der Waals surface area (Å²) in [4.78, 5) is 12.1. The van der Waals surface area contributed by atoms with Crippen LogP contribution in [0.3, 0.4) is 0 Å². The zero-order valence-corrected chi connectivity index (χ0v) is 17.3. The molecule has 3 aromatic rings. The van der Waals surface area contributed by atoms with E-state index in [2.05, 4.69) is 27.6 Å². The van der Waals surface area contributed by atoms with Crippen molar-refractivity contribution < 1.29 is 14.3 Å². The predicted octanol–water partition coefficient (Wildman–Crippen LogP) is 2.85. The Morgan fingerprint density at radius 1 is 1.07 bits per heavy atom. The fraction of sp³-hybridized carbons (Fsp3) is 0.286. The molecule has 0 spiro atoms. The minimum absolute atomic E-state index is 0.0232. The van der Waals surface area contributed by atoms with Crippen LogP contribution in [0.5, 0.6) is 11.5 Å². The van der Waals surface area contributed by atoms with Gasteiger partial charge in [0.05, 0.1) is 12.9 Å². The van der Waals surface area contributed by atoms with E-state index in [9.17, 15) is 4.79 Å². The van der Waals surface area contributed by atoms with Crippen LogP contribution in [0.15, 0.2) is 59.8 Å². The van der Waals surface area contributed by atoms with Crippen LogP contribution in [0.2, 0.25) is 0 Å². The van der Waals surface area contributed by atoms with E-state index in [0.29, 0.717) is 29.9 Å². The van der Waals surface area contributed by atoms with E-state index in [4.69, 9.17) is 9.47 Å². The van der Waals surface area contributed by atoms with Crippen molar-refractivity contribution in [1.82, 2.24) is 20.1 Å². The number of rotatable bonds is 10. The number of amides is 1. The molecule has 2 aromatic carbocycles. The van der Waals surface area contributed by atoms with Crippen molar-refractivity contribution >= 4 is 17.7 Å². The average Bonchev–Trinajstić information content (AvgIpc) is 3.11. The minimum Gasteiger partial charge on any atom is -0.497 e. The maximum atomic E-state index is 12.1. The molecule has 29 heavy (non-hydrogen) atoms. The fourth-order valence-corrected chi connectivity index (χ4v) is 3.35. The quantitative estimate of drug-likeness (QED) is 0.516.